The van der Waals surface area contributed by atoms with Crippen LogP contribution in [0.15, 0.2) is 60.7 Å². The van der Waals surface area contributed by atoms with Crippen LogP contribution in [-0.2, 0) is 28.5 Å². The standard InChI is InChI=1S/C20H18F2O8S/c1-31(25,26)30-19-20(21,22)16(29-18(24)14-10-6-3-7-11-14)15(28-19)12-27-17(23)13-8-4-2-5-9-13/h2-11,15-16,19H,12H2,1H3/t15?,16-,19?/m1/s1. The second kappa shape index (κ2) is 9.08. The highest BCUT2D eigenvalue weighted by atomic mass is 32.2. The highest BCUT2D eigenvalue weighted by Crippen LogP contribution is 2.40. The van der Waals surface area contributed by atoms with Gasteiger partial charge in [-0.05, 0) is 24.3 Å². The molecule has 0 saturated carbocycles. The van der Waals surface area contributed by atoms with Gasteiger partial charge in [0.05, 0.1) is 17.4 Å². The Labute approximate surface area is 176 Å². The van der Waals surface area contributed by atoms with E-state index in [0.29, 0.717) is 6.26 Å². The normalized spacial score (nSPS) is 22.6. The lowest BCUT2D eigenvalue weighted by Gasteiger charge is -2.23. The molecular weight excluding hydrogens is 438 g/mol. The van der Waals surface area contributed by atoms with Gasteiger partial charge in [-0.2, -0.15) is 17.2 Å². The number of ether oxygens (including phenoxy) is 3. The first-order chi connectivity index (χ1) is 14.6. The summed E-state index contributed by atoms with van der Waals surface area (Å²) in [6, 6.07) is 15.1. The minimum absolute atomic E-state index is 0.00851. The first-order valence-corrected chi connectivity index (χ1v) is 10.8. The SMILES string of the molecule is CS(=O)(=O)OC1OC(COC(=O)c2ccccc2)[C@@H](OC(=O)c2ccccc2)C1(F)F. The lowest BCUT2D eigenvalue weighted by atomic mass is 10.1. The number of halogens is 2. The van der Waals surface area contributed by atoms with Crippen LogP contribution < -0.4 is 0 Å². The molecule has 0 spiro atoms. The van der Waals surface area contributed by atoms with Crippen LogP contribution in [0.5, 0.6) is 0 Å². The monoisotopic (exact) mass is 456 g/mol. The fourth-order valence-electron chi connectivity index (χ4n) is 2.80. The third-order valence-electron chi connectivity index (χ3n) is 4.22. The van der Waals surface area contributed by atoms with E-state index in [1.165, 1.54) is 36.4 Å². The molecule has 1 aliphatic heterocycles. The van der Waals surface area contributed by atoms with E-state index in [2.05, 4.69) is 4.18 Å². The summed E-state index contributed by atoms with van der Waals surface area (Å²) in [4.78, 5) is 24.4. The van der Waals surface area contributed by atoms with Crippen molar-refractivity contribution >= 4 is 22.1 Å². The lowest BCUT2D eigenvalue weighted by Crippen LogP contribution is -2.45. The molecule has 0 radical (unpaired) electrons. The van der Waals surface area contributed by atoms with Gasteiger partial charge in [-0.15, -0.1) is 0 Å². The van der Waals surface area contributed by atoms with E-state index in [4.69, 9.17) is 14.2 Å². The largest absolute Gasteiger partial charge is 0.459 e. The number of hydrogen-bond donors (Lipinski definition) is 0. The molecule has 11 heteroatoms. The third-order valence-corrected chi connectivity index (χ3v) is 4.75. The van der Waals surface area contributed by atoms with E-state index in [0.717, 1.165) is 0 Å². The molecule has 3 rings (SSSR count). The van der Waals surface area contributed by atoms with Crippen LogP contribution in [0, 0.1) is 0 Å². The smallest absolute Gasteiger partial charge is 0.338 e. The zero-order chi connectivity index (χ0) is 22.6. The first-order valence-electron chi connectivity index (χ1n) is 8.97. The predicted molar refractivity (Wildman–Crippen MR) is 102 cm³/mol. The first kappa shape index (κ1) is 22.8. The van der Waals surface area contributed by atoms with Gasteiger partial charge in [0.1, 0.15) is 12.7 Å². The van der Waals surface area contributed by atoms with Crippen molar-refractivity contribution in [2.24, 2.45) is 0 Å². The van der Waals surface area contributed by atoms with Gasteiger partial charge in [0, 0.05) is 0 Å². The third kappa shape index (κ3) is 5.63. The Kier molecular flexibility index (Phi) is 6.68. The number of benzene rings is 2. The number of carbonyl (C=O) groups is 2. The maximum Gasteiger partial charge on any atom is 0.338 e. The van der Waals surface area contributed by atoms with Crippen LogP contribution in [0.3, 0.4) is 0 Å². The molecule has 0 amide bonds. The average molecular weight is 456 g/mol. The number of carbonyl (C=O) groups excluding carboxylic acids is 2. The number of alkyl halides is 2. The predicted octanol–water partition coefficient (Wildman–Crippen LogP) is 2.41. The van der Waals surface area contributed by atoms with Gasteiger partial charge in [0.15, 0.2) is 0 Å². The van der Waals surface area contributed by atoms with E-state index in [1.807, 2.05) is 0 Å². The summed E-state index contributed by atoms with van der Waals surface area (Å²) >= 11 is 0. The van der Waals surface area contributed by atoms with E-state index in [1.54, 1.807) is 24.3 Å². The van der Waals surface area contributed by atoms with E-state index in [9.17, 15) is 26.8 Å². The Morgan fingerprint density at radius 2 is 1.48 bits per heavy atom. The Morgan fingerprint density at radius 1 is 0.968 bits per heavy atom. The molecule has 166 valence electrons. The van der Waals surface area contributed by atoms with Crippen LogP contribution in [0.25, 0.3) is 0 Å². The lowest BCUT2D eigenvalue weighted by molar-refractivity contribution is -0.183. The second-order valence-electron chi connectivity index (χ2n) is 6.64. The zero-order valence-corrected chi connectivity index (χ0v) is 17.0. The van der Waals surface area contributed by atoms with Crippen LogP contribution >= 0.6 is 0 Å². The van der Waals surface area contributed by atoms with Crippen molar-refractivity contribution in [2.45, 2.75) is 24.4 Å². The number of rotatable bonds is 7. The number of esters is 2. The average Bonchev–Trinajstić information content (AvgIpc) is 2.95. The molecule has 31 heavy (non-hydrogen) atoms. The van der Waals surface area contributed by atoms with Crippen LogP contribution in [0.1, 0.15) is 20.7 Å². The number of hydrogen-bond acceptors (Lipinski definition) is 8. The zero-order valence-electron chi connectivity index (χ0n) is 16.1. The summed E-state index contributed by atoms with van der Waals surface area (Å²) in [5, 5.41) is 0. The van der Waals surface area contributed by atoms with Gasteiger partial charge >= 0.3 is 17.9 Å². The van der Waals surface area contributed by atoms with Gasteiger partial charge < -0.3 is 14.2 Å². The molecule has 2 aromatic rings. The van der Waals surface area contributed by atoms with E-state index >= 15 is 0 Å². The van der Waals surface area contributed by atoms with E-state index in [-0.39, 0.29) is 11.1 Å². The fourth-order valence-corrected chi connectivity index (χ4v) is 3.29. The van der Waals surface area contributed by atoms with Crippen LogP contribution in [0.2, 0.25) is 0 Å². The van der Waals surface area contributed by atoms with Crippen molar-refractivity contribution in [1.29, 1.82) is 0 Å². The highest BCUT2D eigenvalue weighted by Gasteiger charge is 2.63. The van der Waals surface area contributed by atoms with E-state index < -0.39 is 53.1 Å². The quantitative estimate of drug-likeness (QED) is 0.462. The van der Waals surface area contributed by atoms with Crippen LogP contribution in [0.4, 0.5) is 8.78 Å². The van der Waals surface area contributed by atoms with Crippen molar-refractivity contribution in [2.75, 3.05) is 12.9 Å². The molecule has 1 fully saturated rings. The molecule has 1 saturated heterocycles. The fraction of sp³-hybridized carbons (Fsp3) is 0.300. The molecule has 0 aliphatic carbocycles. The highest BCUT2D eigenvalue weighted by molar-refractivity contribution is 7.86. The Bertz CT molecular complexity index is 1030. The summed E-state index contributed by atoms with van der Waals surface area (Å²) in [5.74, 6) is -5.96. The van der Waals surface area contributed by atoms with Crippen molar-refractivity contribution in [3.63, 3.8) is 0 Å². The molecule has 0 bridgehead atoms. The van der Waals surface area contributed by atoms with Crippen molar-refractivity contribution < 1.29 is 45.2 Å². The topological polar surface area (TPSA) is 105 Å². The molecule has 8 nitrogen and oxygen atoms in total. The minimum Gasteiger partial charge on any atom is -0.459 e. The summed E-state index contributed by atoms with van der Waals surface area (Å²) < 4.78 is 71.6. The molecule has 1 aliphatic rings. The van der Waals surface area contributed by atoms with Gasteiger partial charge in [-0.3, -0.25) is 0 Å². The van der Waals surface area contributed by atoms with Gasteiger partial charge in [0.25, 0.3) is 10.1 Å². The molecule has 0 aromatic heterocycles. The van der Waals surface area contributed by atoms with Gasteiger partial charge in [-0.25, -0.2) is 13.8 Å². The Morgan fingerprint density at radius 3 is 2.00 bits per heavy atom. The Hall–Kier alpha value is -2.89. The van der Waals surface area contributed by atoms with Crippen molar-refractivity contribution in [1.82, 2.24) is 0 Å². The molecule has 0 N–H and O–H groups in total. The molecule has 1 heterocycles. The summed E-state index contributed by atoms with van der Waals surface area (Å²) in [5.41, 5.74) is 0.153. The second-order valence-corrected chi connectivity index (χ2v) is 8.24. The molecule has 3 atom stereocenters. The van der Waals surface area contributed by atoms with Crippen molar-refractivity contribution in [3.8, 4) is 0 Å². The molecule has 2 aromatic carbocycles. The maximum atomic E-state index is 14.8. The molecule has 2 unspecified atom stereocenters. The van der Waals surface area contributed by atoms with Gasteiger partial charge in [-0.1, -0.05) is 36.4 Å². The summed E-state index contributed by atoms with van der Waals surface area (Å²) in [6.45, 7) is -0.736. The summed E-state index contributed by atoms with van der Waals surface area (Å²) in [6.07, 6.45) is -5.94. The molecular formula is C20H18F2O8S. The van der Waals surface area contributed by atoms with Crippen molar-refractivity contribution in [3.05, 3.63) is 71.8 Å². The summed E-state index contributed by atoms with van der Waals surface area (Å²) in [7, 11) is -4.33. The van der Waals surface area contributed by atoms with Crippen LogP contribution in [-0.4, -0.2) is 57.6 Å². The Balaban J connectivity index is 1.79. The minimum atomic E-state index is -4.33. The van der Waals surface area contributed by atoms with Gasteiger partial charge in [0.2, 0.25) is 12.4 Å². The maximum absolute atomic E-state index is 14.8.